The standard InChI is InChI=1S/C9H19F2N3O2S/c10-9(11,7-12)8-13-17(15,16)14-5-3-1-2-4-6-14/h13H,1-8,12H2. The average Bonchev–Trinajstić information content (AvgIpc) is 2.56. The number of alkyl halides is 2. The molecule has 8 heteroatoms. The van der Waals surface area contributed by atoms with Crippen molar-refractivity contribution in [2.75, 3.05) is 26.2 Å². The van der Waals surface area contributed by atoms with Crippen LogP contribution in [0.15, 0.2) is 0 Å². The van der Waals surface area contributed by atoms with Crippen LogP contribution in [-0.2, 0) is 10.2 Å². The first-order valence-corrected chi connectivity index (χ1v) is 7.14. The number of nitrogens with zero attached hydrogens (tertiary/aromatic N) is 1. The van der Waals surface area contributed by atoms with Gasteiger partial charge in [-0.05, 0) is 12.8 Å². The van der Waals surface area contributed by atoms with E-state index in [9.17, 15) is 17.2 Å². The van der Waals surface area contributed by atoms with E-state index in [2.05, 4.69) is 0 Å². The SMILES string of the molecule is NCC(F)(F)CNS(=O)(=O)N1CCCCCC1. The zero-order chi connectivity index (χ0) is 12.9. The van der Waals surface area contributed by atoms with Crippen LogP contribution in [-0.4, -0.2) is 44.8 Å². The van der Waals surface area contributed by atoms with Gasteiger partial charge in [-0.2, -0.15) is 17.4 Å². The zero-order valence-electron chi connectivity index (χ0n) is 9.66. The highest BCUT2D eigenvalue weighted by Crippen LogP contribution is 2.14. The highest BCUT2D eigenvalue weighted by atomic mass is 32.2. The Labute approximate surface area is 101 Å². The van der Waals surface area contributed by atoms with E-state index in [1.807, 2.05) is 4.72 Å². The minimum absolute atomic E-state index is 0.392. The summed E-state index contributed by atoms with van der Waals surface area (Å²) in [4.78, 5) is 0. The van der Waals surface area contributed by atoms with Crippen molar-refractivity contribution in [1.29, 1.82) is 0 Å². The Bertz CT molecular complexity index is 327. The summed E-state index contributed by atoms with van der Waals surface area (Å²) in [5, 5.41) is 0. The fourth-order valence-electron chi connectivity index (χ4n) is 1.64. The molecule has 17 heavy (non-hydrogen) atoms. The fraction of sp³-hybridized carbons (Fsp3) is 1.00. The summed E-state index contributed by atoms with van der Waals surface area (Å²) in [7, 11) is -3.80. The van der Waals surface area contributed by atoms with Gasteiger partial charge in [0.1, 0.15) is 0 Å². The molecular formula is C9H19F2N3O2S. The molecule has 0 radical (unpaired) electrons. The van der Waals surface area contributed by atoms with Crippen LogP contribution < -0.4 is 10.5 Å². The van der Waals surface area contributed by atoms with Gasteiger partial charge in [-0.25, -0.2) is 8.78 Å². The number of nitrogens with one attached hydrogen (secondary N) is 1. The Morgan fingerprint density at radius 2 is 1.71 bits per heavy atom. The maximum atomic E-state index is 12.9. The summed E-state index contributed by atoms with van der Waals surface area (Å²) in [6.45, 7) is -1.02. The van der Waals surface area contributed by atoms with E-state index < -0.39 is 29.2 Å². The van der Waals surface area contributed by atoms with Gasteiger partial charge in [-0.15, -0.1) is 0 Å². The predicted molar refractivity (Wildman–Crippen MR) is 61.0 cm³/mol. The predicted octanol–water partition coefficient (Wildman–Crippen LogP) is 0.291. The molecule has 0 bridgehead atoms. The molecule has 1 aliphatic rings. The lowest BCUT2D eigenvalue weighted by atomic mass is 10.2. The molecule has 0 aromatic carbocycles. The van der Waals surface area contributed by atoms with Crippen LogP contribution in [0, 0.1) is 0 Å². The van der Waals surface area contributed by atoms with Crippen LogP contribution in [0.3, 0.4) is 0 Å². The van der Waals surface area contributed by atoms with E-state index in [-0.39, 0.29) is 0 Å². The summed E-state index contributed by atoms with van der Waals surface area (Å²) in [6, 6.07) is 0. The third-order valence-corrected chi connectivity index (χ3v) is 4.27. The van der Waals surface area contributed by atoms with E-state index in [0.717, 1.165) is 25.7 Å². The first kappa shape index (κ1) is 14.7. The zero-order valence-corrected chi connectivity index (χ0v) is 10.5. The van der Waals surface area contributed by atoms with Crippen LogP contribution in [0.1, 0.15) is 25.7 Å². The molecule has 1 aliphatic heterocycles. The molecule has 0 aromatic heterocycles. The molecule has 1 heterocycles. The Morgan fingerprint density at radius 1 is 1.18 bits per heavy atom. The van der Waals surface area contributed by atoms with Crippen molar-refractivity contribution in [2.24, 2.45) is 5.73 Å². The van der Waals surface area contributed by atoms with Gasteiger partial charge in [0.05, 0.1) is 13.1 Å². The maximum Gasteiger partial charge on any atom is 0.279 e. The average molecular weight is 271 g/mol. The summed E-state index contributed by atoms with van der Waals surface area (Å²) >= 11 is 0. The van der Waals surface area contributed by atoms with Crippen molar-refractivity contribution in [2.45, 2.75) is 31.6 Å². The first-order chi connectivity index (χ1) is 7.87. The van der Waals surface area contributed by atoms with Crippen molar-refractivity contribution >= 4 is 10.2 Å². The molecule has 0 aliphatic carbocycles. The van der Waals surface area contributed by atoms with Crippen LogP contribution in [0.25, 0.3) is 0 Å². The lowest BCUT2D eigenvalue weighted by molar-refractivity contribution is 0.0167. The quantitative estimate of drug-likeness (QED) is 0.754. The summed E-state index contributed by atoms with van der Waals surface area (Å²) in [5.41, 5.74) is 4.84. The topological polar surface area (TPSA) is 75.4 Å². The van der Waals surface area contributed by atoms with Gasteiger partial charge < -0.3 is 5.73 Å². The summed E-state index contributed by atoms with van der Waals surface area (Å²) in [5.74, 6) is -3.20. The molecule has 0 spiro atoms. The molecule has 0 atom stereocenters. The minimum Gasteiger partial charge on any atom is -0.325 e. The number of halogens is 2. The smallest absolute Gasteiger partial charge is 0.279 e. The molecule has 0 amide bonds. The van der Waals surface area contributed by atoms with Gasteiger partial charge in [0.2, 0.25) is 0 Å². The van der Waals surface area contributed by atoms with Gasteiger partial charge >= 0.3 is 0 Å². The Morgan fingerprint density at radius 3 is 2.18 bits per heavy atom. The van der Waals surface area contributed by atoms with Crippen LogP contribution in [0.2, 0.25) is 0 Å². The molecular weight excluding hydrogens is 252 g/mol. The molecule has 5 nitrogen and oxygen atoms in total. The second-order valence-electron chi connectivity index (χ2n) is 4.20. The number of hydrogen-bond acceptors (Lipinski definition) is 3. The lowest BCUT2D eigenvalue weighted by Gasteiger charge is -2.22. The number of nitrogens with two attached hydrogens (primary N) is 1. The van der Waals surface area contributed by atoms with Gasteiger partial charge in [0.25, 0.3) is 16.1 Å². The lowest BCUT2D eigenvalue weighted by Crippen LogP contribution is -2.47. The molecule has 1 rings (SSSR count). The van der Waals surface area contributed by atoms with Crippen molar-refractivity contribution in [3.8, 4) is 0 Å². The monoisotopic (exact) mass is 271 g/mol. The van der Waals surface area contributed by atoms with Crippen molar-refractivity contribution in [3.05, 3.63) is 0 Å². The minimum atomic E-state index is -3.80. The van der Waals surface area contributed by atoms with Gasteiger partial charge in [0, 0.05) is 13.1 Å². The molecule has 1 saturated heterocycles. The van der Waals surface area contributed by atoms with E-state index in [1.54, 1.807) is 0 Å². The Balaban J connectivity index is 2.55. The van der Waals surface area contributed by atoms with Crippen molar-refractivity contribution < 1.29 is 17.2 Å². The van der Waals surface area contributed by atoms with Crippen molar-refractivity contribution in [1.82, 2.24) is 9.03 Å². The Kier molecular flexibility index (Phi) is 5.23. The molecule has 0 saturated carbocycles. The molecule has 0 aromatic rings. The van der Waals surface area contributed by atoms with Gasteiger partial charge in [-0.3, -0.25) is 0 Å². The normalized spacial score (nSPS) is 20.2. The van der Waals surface area contributed by atoms with Crippen LogP contribution >= 0.6 is 0 Å². The molecule has 1 fully saturated rings. The maximum absolute atomic E-state index is 12.9. The summed E-state index contributed by atoms with van der Waals surface area (Å²) in [6.07, 6.45) is 3.50. The third kappa shape index (κ3) is 4.82. The van der Waals surface area contributed by atoms with Crippen molar-refractivity contribution in [3.63, 3.8) is 0 Å². The second-order valence-corrected chi connectivity index (χ2v) is 5.95. The Hall–Kier alpha value is -0.310. The third-order valence-electron chi connectivity index (χ3n) is 2.72. The molecule has 3 N–H and O–H groups in total. The second kappa shape index (κ2) is 6.03. The van der Waals surface area contributed by atoms with E-state index in [1.165, 1.54) is 4.31 Å². The van der Waals surface area contributed by atoms with Gasteiger partial charge in [-0.1, -0.05) is 12.8 Å². The van der Waals surface area contributed by atoms with Gasteiger partial charge in [0.15, 0.2) is 0 Å². The number of rotatable bonds is 5. The van der Waals surface area contributed by atoms with E-state index >= 15 is 0 Å². The first-order valence-electron chi connectivity index (χ1n) is 5.70. The molecule has 102 valence electrons. The fourth-order valence-corrected chi connectivity index (χ4v) is 2.96. The highest BCUT2D eigenvalue weighted by molar-refractivity contribution is 7.87. The highest BCUT2D eigenvalue weighted by Gasteiger charge is 2.31. The van der Waals surface area contributed by atoms with Crippen LogP contribution in [0.4, 0.5) is 8.78 Å². The summed E-state index contributed by atoms with van der Waals surface area (Å²) < 4.78 is 52.3. The van der Waals surface area contributed by atoms with E-state index in [4.69, 9.17) is 5.73 Å². The largest absolute Gasteiger partial charge is 0.325 e. The number of hydrogen-bond donors (Lipinski definition) is 2. The molecule has 0 unspecified atom stereocenters. The van der Waals surface area contributed by atoms with E-state index in [0.29, 0.717) is 13.1 Å². The van der Waals surface area contributed by atoms with Crippen LogP contribution in [0.5, 0.6) is 0 Å².